The highest BCUT2D eigenvalue weighted by atomic mass is 19.4. The summed E-state index contributed by atoms with van der Waals surface area (Å²) in [4.78, 5) is 16.8. The lowest BCUT2D eigenvalue weighted by Gasteiger charge is -2.12. The number of ether oxygens (including phenoxy) is 1. The van der Waals surface area contributed by atoms with E-state index in [9.17, 15) is 35.5 Å². The molecule has 4 aromatic rings. The quantitative estimate of drug-likeness (QED) is 0.346. The first-order valence-corrected chi connectivity index (χ1v) is 9.73. The Morgan fingerprint density at radius 3 is 2.51 bits per heavy atom. The molecule has 0 unspecified atom stereocenters. The molecule has 0 fully saturated rings. The van der Waals surface area contributed by atoms with E-state index in [4.69, 9.17) is 0 Å². The summed E-state index contributed by atoms with van der Waals surface area (Å²) in [5.41, 5.74) is 1.07. The number of amides is 1. The van der Waals surface area contributed by atoms with Crippen molar-refractivity contribution in [1.82, 2.24) is 14.8 Å². The summed E-state index contributed by atoms with van der Waals surface area (Å²) in [6, 6.07) is 8.48. The number of pyridine rings is 1. The topological polar surface area (TPSA) is 69.0 Å². The average molecular weight is 498 g/mol. The zero-order valence-electron chi connectivity index (χ0n) is 17.3. The van der Waals surface area contributed by atoms with Crippen molar-refractivity contribution in [3.05, 3.63) is 72.4 Å². The number of aromatic nitrogens is 3. The van der Waals surface area contributed by atoms with Crippen molar-refractivity contribution in [3.63, 3.8) is 0 Å². The minimum Gasteiger partial charge on any atom is -0.403 e. The number of halogens is 7. The molecule has 1 amide bonds. The first kappa shape index (κ1) is 24.0. The minimum absolute atomic E-state index is 0.188. The molecule has 0 aliphatic carbocycles. The lowest BCUT2D eigenvalue weighted by Crippen LogP contribution is -2.18. The zero-order valence-corrected chi connectivity index (χ0v) is 17.3. The Labute approximate surface area is 191 Å². The molecule has 1 N–H and O–H groups in total. The predicted molar refractivity (Wildman–Crippen MR) is 110 cm³/mol. The van der Waals surface area contributed by atoms with Crippen molar-refractivity contribution in [3.8, 4) is 16.9 Å². The number of alkyl halides is 6. The van der Waals surface area contributed by atoms with E-state index in [1.54, 1.807) is 18.2 Å². The van der Waals surface area contributed by atoms with Crippen LogP contribution in [0.2, 0.25) is 0 Å². The molecule has 0 bridgehead atoms. The SMILES string of the molecule is O=C(Nc1cccc2c(-c3cnn(CC(F)(F)F)c3)ccnc12)c1ccc(OC(F)(F)F)c(F)c1. The Bertz CT molecular complexity index is 1400. The van der Waals surface area contributed by atoms with Gasteiger partial charge in [-0.2, -0.15) is 18.3 Å². The van der Waals surface area contributed by atoms with Crippen LogP contribution in [0.4, 0.5) is 36.4 Å². The average Bonchev–Trinajstić information content (AvgIpc) is 3.20. The number of benzene rings is 2. The summed E-state index contributed by atoms with van der Waals surface area (Å²) >= 11 is 0. The van der Waals surface area contributed by atoms with Gasteiger partial charge in [-0.1, -0.05) is 12.1 Å². The van der Waals surface area contributed by atoms with Gasteiger partial charge in [-0.05, 0) is 35.9 Å². The van der Waals surface area contributed by atoms with Crippen molar-refractivity contribution in [2.24, 2.45) is 0 Å². The second-order valence-corrected chi connectivity index (χ2v) is 7.25. The van der Waals surface area contributed by atoms with Crippen molar-refractivity contribution >= 4 is 22.5 Å². The van der Waals surface area contributed by atoms with Crippen molar-refractivity contribution in [2.75, 3.05) is 5.32 Å². The maximum Gasteiger partial charge on any atom is 0.573 e. The van der Waals surface area contributed by atoms with Crippen LogP contribution in [0, 0.1) is 5.82 Å². The molecule has 0 saturated carbocycles. The van der Waals surface area contributed by atoms with Gasteiger partial charge < -0.3 is 10.1 Å². The molecule has 6 nitrogen and oxygen atoms in total. The highest BCUT2D eigenvalue weighted by Crippen LogP contribution is 2.32. The molecule has 0 spiro atoms. The number of hydrogen-bond donors (Lipinski definition) is 1. The number of rotatable bonds is 5. The number of para-hydroxylation sites is 1. The number of hydrogen-bond acceptors (Lipinski definition) is 4. The second-order valence-electron chi connectivity index (χ2n) is 7.25. The molecule has 0 radical (unpaired) electrons. The predicted octanol–water partition coefficient (Wildman–Crippen LogP) is 5.95. The Hall–Kier alpha value is -4.16. The summed E-state index contributed by atoms with van der Waals surface area (Å²) in [7, 11) is 0. The van der Waals surface area contributed by atoms with E-state index in [0.717, 1.165) is 10.7 Å². The van der Waals surface area contributed by atoms with Crippen molar-refractivity contribution < 1.29 is 40.3 Å². The van der Waals surface area contributed by atoms with Crippen LogP contribution < -0.4 is 10.1 Å². The van der Waals surface area contributed by atoms with E-state index in [1.165, 1.54) is 24.7 Å². The molecule has 4 rings (SSSR count). The van der Waals surface area contributed by atoms with Crippen LogP contribution in [0.5, 0.6) is 5.75 Å². The summed E-state index contributed by atoms with van der Waals surface area (Å²) in [5, 5.41) is 6.72. The molecule has 182 valence electrons. The Kier molecular flexibility index (Phi) is 6.09. The van der Waals surface area contributed by atoms with E-state index in [0.29, 0.717) is 28.6 Å². The number of nitrogens with one attached hydrogen (secondary N) is 1. The maximum absolute atomic E-state index is 14.0. The molecule has 0 aliphatic rings. The van der Waals surface area contributed by atoms with Crippen LogP contribution in [-0.2, 0) is 6.54 Å². The van der Waals surface area contributed by atoms with Gasteiger partial charge >= 0.3 is 12.5 Å². The number of fused-ring (bicyclic) bond motifs is 1. The molecule has 0 atom stereocenters. The molecular weight excluding hydrogens is 485 g/mol. The van der Waals surface area contributed by atoms with E-state index < -0.39 is 36.6 Å². The highest BCUT2D eigenvalue weighted by Gasteiger charge is 2.32. The number of carbonyl (C=O) groups excluding carboxylic acids is 1. The molecule has 35 heavy (non-hydrogen) atoms. The van der Waals surface area contributed by atoms with Gasteiger partial charge in [0, 0.05) is 28.9 Å². The fourth-order valence-corrected chi connectivity index (χ4v) is 3.35. The maximum atomic E-state index is 14.0. The molecule has 2 aromatic carbocycles. The monoisotopic (exact) mass is 498 g/mol. The molecule has 2 heterocycles. The first-order valence-electron chi connectivity index (χ1n) is 9.73. The molecule has 0 aliphatic heterocycles. The van der Waals surface area contributed by atoms with Crippen LogP contribution in [0.15, 0.2) is 61.1 Å². The lowest BCUT2D eigenvalue weighted by molar-refractivity contribution is -0.275. The summed E-state index contributed by atoms with van der Waals surface area (Å²) in [6.07, 6.45) is -5.67. The third-order valence-corrected chi connectivity index (χ3v) is 4.72. The van der Waals surface area contributed by atoms with E-state index >= 15 is 0 Å². The van der Waals surface area contributed by atoms with Gasteiger partial charge in [0.1, 0.15) is 6.54 Å². The van der Waals surface area contributed by atoms with Crippen LogP contribution in [0.25, 0.3) is 22.0 Å². The van der Waals surface area contributed by atoms with Crippen molar-refractivity contribution in [2.45, 2.75) is 19.1 Å². The third kappa shape index (κ3) is 5.67. The van der Waals surface area contributed by atoms with Crippen molar-refractivity contribution in [1.29, 1.82) is 0 Å². The Morgan fingerprint density at radius 1 is 1.06 bits per heavy atom. The Morgan fingerprint density at radius 2 is 1.83 bits per heavy atom. The largest absolute Gasteiger partial charge is 0.573 e. The van der Waals surface area contributed by atoms with Crippen LogP contribution in [-0.4, -0.2) is 33.2 Å². The van der Waals surface area contributed by atoms with Gasteiger partial charge in [0.05, 0.1) is 17.4 Å². The van der Waals surface area contributed by atoms with Crippen LogP contribution >= 0.6 is 0 Å². The third-order valence-electron chi connectivity index (χ3n) is 4.72. The lowest BCUT2D eigenvalue weighted by atomic mass is 10.0. The standard InChI is InChI=1S/C22H13F7N4O2/c23-16-8-12(4-5-18(16)35-22(27,28)29)20(34)32-17-3-1-2-15-14(6-7-30-19(15)17)13-9-31-33(10-13)11-21(24,25)26/h1-10H,11H2,(H,32,34). The number of carbonyl (C=O) groups is 1. The van der Waals surface area contributed by atoms with E-state index in [-0.39, 0.29) is 16.8 Å². The van der Waals surface area contributed by atoms with Gasteiger partial charge in [-0.3, -0.25) is 14.5 Å². The zero-order chi connectivity index (χ0) is 25.4. The van der Waals surface area contributed by atoms with Crippen LogP contribution in [0.1, 0.15) is 10.4 Å². The summed E-state index contributed by atoms with van der Waals surface area (Å²) in [6.45, 7) is -1.26. The fourth-order valence-electron chi connectivity index (χ4n) is 3.35. The molecule has 2 aromatic heterocycles. The van der Waals surface area contributed by atoms with Gasteiger partial charge in [-0.25, -0.2) is 4.39 Å². The van der Waals surface area contributed by atoms with Gasteiger partial charge in [0.2, 0.25) is 0 Å². The van der Waals surface area contributed by atoms with E-state index in [1.807, 2.05) is 0 Å². The van der Waals surface area contributed by atoms with Gasteiger partial charge in [0.15, 0.2) is 11.6 Å². The fraction of sp³-hybridized carbons (Fsp3) is 0.136. The van der Waals surface area contributed by atoms with Gasteiger partial charge in [0.25, 0.3) is 5.91 Å². The minimum atomic E-state index is -5.10. The summed E-state index contributed by atoms with van der Waals surface area (Å²) < 4.78 is 93.2. The number of anilines is 1. The first-order chi connectivity index (χ1) is 16.4. The van der Waals surface area contributed by atoms with E-state index in [2.05, 4.69) is 20.1 Å². The number of nitrogens with zero attached hydrogens (tertiary/aromatic N) is 3. The smallest absolute Gasteiger partial charge is 0.403 e. The molecule has 0 saturated heterocycles. The Balaban J connectivity index is 1.62. The molecule has 13 heteroatoms. The normalized spacial score (nSPS) is 12.1. The second kappa shape index (κ2) is 8.89. The molecular formula is C22H13F7N4O2. The summed E-state index contributed by atoms with van der Waals surface area (Å²) in [5.74, 6) is -3.30. The van der Waals surface area contributed by atoms with Crippen LogP contribution in [0.3, 0.4) is 0 Å². The highest BCUT2D eigenvalue weighted by molar-refractivity contribution is 6.10. The van der Waals surface area contributed by atoms with Gasteiger partial charge in [-0.15, -0.1) is 13.2 Å².